The number of aromatic nitrogens is 1. The minimum Gasteiger partial charge on any atom is -0.493 e. The van der Waals surface area contributed by atoms with E-state index in [0.29, 0.717) is 51.3 Å². The third kappa shape index (κ3) is 3.74. The van der Waals surface area contributed by atoms with Gasteiger partial charge < -0.3 is 13.9 Å². The number of carbonyl (C=O) groups excluding carboxylic acids is 1. The second-order valence-electron chi connectivity index (χ2n) is 8.50. The Balaban J connectivity index is 1.65. The van der Waals surface area contributed by atoms with E-state index in [1.807, 2.05) is 18.2 Å². The zero-order valence-corrected chi connectivity index (χ0v) is 19.9. The summed E-state index contributed by atoms with van der Waals surface area (Å²) >= 11 is 1.32. The summed E-state index contributed by atoms with van der Waals surface area (Å²) in [6.45, 7) is 4.85. The lowest BCUT2D eigenvalue weighted by atomic mass is 9.98. The lowest BCUT2D eigenvalue weighted by molar-refractivity contribution is 0.0971. The molecule has 0 radical (unpaired) electrons. The molecule has 3 heterocycles. The Bertz CT molecular complexity index is 1410. The number of anilines is 1. The maximum atomic E-state index is 13.6. The van der Waals surface area contributed by atoms with Crippen LogP contribution in [0, 0.1) is 5.92 Å². The number of nitrogens with zero attached hydrogens (tertiary/aromatic N) is 2. The summed E-state index contributed by atoms with van der Waals surface area (Å²) in [5.74, 6) is 1.32. The molecule has 0 saturated heterocycles. The molecule has 1 aliphatic heterocycles. The second kappa shape index (κ2) is 8.95. The number of rotatable bonds is 7. The van der Waals surface area contributed by atoms with E-state index in [1.54, 1.807) is 43.0 Å². The van der Waals surface area contributed by atoms with Crippen LogP contribution < -0.4 is 19.8 Å². The molecular formula is C26H24N2O5S. The molecule has 8 heteroatoms. The number of para-hydroxylation sites is 1. The highest BCUT2D eigenvalue weighted by Gasteiger charge is 2.45. The van der Waals surface area contributed by atoms with E-state index in [0.717, 1.165) is 6.42 Å². The van der Waals surface area contributed by atoms with Crippen molar-refractivity contribution in [2.45, 2.75) is 26.3 Å². The second-order valence-corrected chi connectivity index (χ2v) is 9.38. The number of amides is 1. The fourth-order valence-corrected chi connectivity index (χ4v) is 4.81. The molecule has 1 unspecified atom stereocenters. The summed E-state index contributed by atoms with van der Waals surface area (Å²) in [6, 6.07) is 11.7. The van der Waals surface area contributed by atoms with E-state index in [4.69, 9.17) is 13.9 Å². The molecule has 0 aliphatic carbocycles. The molecule has 1 atom stereocenters. The molecule has 1 aliphatic rings. The van der Waals surface area contributed by atoms with Gasteiger partial charge in [0.05, 0.1) is 30.7 Å². The minimum atomic E-state index is -0.701. The van der Waals surface area contributed by atoms with Crippen LogP contribution in [-0.2, 0) is 0 Å². The number of benzene rings is 2. The summed E-state index contributed by atoms with van der Waals surface area (Å²) in [7, 11) is 1.57. The molecule has 7 nitrogen and oxygen atoms in total. The van der Waals surface area contributed by atoms with E-state index in [-0.39, 0.29) is 11.2 Å². The van der Waals surface area contributed by atoms with Crippen molar-refractivity contribution in [2.75, 3.05) is 18.6 Å². The smallest absolute Gasteiger partial charge is 0.297 e. The van der Waals surface area contributed by atoms with Crippen molar-refractivity contribution in [1.29, 1.82) is 0 Å². The highest BCUT2D eigenvalue weighted by Crippen LogP contribution is 2.43. The SMILES string of the molecule is COc1cc(C2c3c(oc4ccccc4c3=O)C(=O)N2c2nccs2)ccc1OCCC(C)C. The Hall–Kier alpha value is -3.65. The Labute approximate surface area is 200 Å². The number of carbonyl (C=O) groups is 1. The highest BCUT2D eigenvalue weighted by atomic mass is 32.1. The molecule has 5 rings (SSSR count). The van der Waals surface area contributed by atoms with Crippen molar-refractivity contribution >= 4 is 33.3 Å². The average molecular weight is 477 g/mol. The first-order chi connectivity index (χ1) is 16.5. The summed E-state index contributed by atoms with van der Waals surface area (Å²) in [4.78, 5) is 33.0. The predicted octanol–water partition coefficient (Wildman–Crippen LogP) is 5.43. The standard InChI is InChI=1S/C26H24N2O5S/c1-15(2)10-12-32-19-9-8-16(14-20(19)31-3)22-21-23(29)17-6-4-5-7-18(17)33-24(21)25(30)28(22)26-27-11-13-34-26/h4-9,11,13-15,22H,10,12H2,1-3H3. The van der Waals surface area contributed by atoms with Crippen LogP contribution >= 0.6 is 11.3 Å². The number of methoxy groups -OCH3 is 1. The normalized spacial score (nSPS) is 15.2. The number of ether oxygens (including phenoxy) is 2. The number of hydrogen-bond donors (Lipinski definition) is 0. The number of thiazole rings is 1. The highest BCUT2D eigenvalue weighted by molar-refractivity contribution is 7.13. The Morgan fingerprint density at radius 2 is 1.97 bits per heavy atom. The lowest BCUT2D eigenvalue weighted by Crippen LogP contribution is -2.29. The molecule has 34 heavy (non-hydrogen) atoms. The van der Waals surface area contributed by atoms with E-state index in [1.165, 1.54) is 16.2 Å². The minimum absolute atomic E-state index is 0.0418. The van der Waals surface area contributed by atoms with Crippen molar-refractivity contribution in [3.63, 3.8) is 0 Å². The molecule has 0 saturated carbocycles. The quantitative estimate of drug-likeness (QED) is 0.354. The third-order valence-electron chi connectivity index (χ3n) is 5.86. The van der Waals surface area contributed by atoms with Gasteiger partial charge in [-0.1, -0.05) is 32.0 Å². The molecule has 0 bridgehead atoms. The fraction of sp³-hybridized carbons (Fsp3) is 0.269. The third-order valence-corrected chi connectivity index (χ3v) is 6.63. The average Bonchev–Trinajstić information content (AvgIpc) is 3.46. The van der Waals surface area contributed by atoms with E-state index >= 15 is 0 Å². The predicted molar refractivity (Wildman–Crippen MR) is 131 cm³/mol. The molecule has 4 aromatic rings. The summed E-state index contributed by atoms with van der Waals surface area (Å²) in [5, 5.41) is 2.71. The first-order valence-corrected chi connectivity index (χ1v) is 12.0. The molecule has 0 spiro atoms. The van der Waals surface area contributed by atoms with E-state index in [9.17, 15) is 9.59 Å². The van der Waals surface area contributed by atoms with Crippen LogP contribution in [-0.4, -0.2) is 24.6 Å². The van der Waals surface area contributed by atoms with Crippen molar-refractivity contribution in [3.05, 3.63) is 81.2 Å². The topological polar surface area (TPSA) is 81.9 Å². The van der Waals surface area contributed by atoms with Crippen LogP contribution in [0.25, 0.3) is 11.0 Å². The van der Waals surface area contributed by atoms with Crippen molar-refractivity contribution in [3.8, 4) is 11.5 Å². The Kier molecular flexibility index (Phi) is 5.83. The van der Waals surface area contributed by atoms with Gasteiger partial charge in [0.2, 0.25) is 5.76 Å². The fourth-order valence-electron chi connectivity index (χ4n) is 4.15. The molecule has 2 aromatic carbocycles. The molecule has 174 valence electrons. The first kappa shape index (κ1) is 22.2. The number of hydrogen-bond acceptors (Lipinski definition) is 7. The van der Waals surface area contributed by atoms with Crippen molar-refractivity contribution < 1.29 is 18.7 Å². The van der Waals surface area contributed by atoms with E-state index < -0.39 is 11.9 Å². The molecule has 1 amide bonds. The van der Waals surface area contributed by atoms with Crippen LogP contribution in [0.1, 0.15) is 48.0 Å². The van der Waals surface area contributed by atoms with Gasteiger partial charge in [-0.2, -0.15) is 0 Å². The van der Waals surface area contributed by atoms with Crippen LogP contribution in [0.2, 0.25) is 0 Å². The van der Waals surface area contributed by atoms with Gasteiger partial charge in [0.25, 0.3) is 5.91 Å². The monoisotopic (exact) mass is 476 g/mol. The summed E-state index contributed by atoms with van der Waals surface area (Å²) < 4.78 is 17.5. The van der Waals surface area contributed by atoms with Gasteiger partial charge in [-0.25, -0.2) is 4.98 Å². The van der Waals surface area contributed by atoms with Crippen molar-refractivity contribution in [2.24, 2.45) is 5.92 Å². The van der Waals surface area contributed by atoms with Gasteiger partial charge in [0, 0.05) is 11.6 Å². The van der Waals surface area contributed by atoms with Gasteiger partial charge >= 0.3 is 0 Å². The van der Waals surface area contributed by atoms with Crippen LogP contribution in [0.3, 0.4) is 0 Å². The maximum Gasteiger partial charge on any atom is 0.297 e. The van der Waals surface area contributed by atoms with Gasteiger partial charge in [-0.15, -0.1) is 11.3 Å². The van der Waals surface area contributed by atoms with Crippen LogP contribution in [0.15, 0.2) is 63.3 Å². The van der Waals surface area contributed by atoms with Gasteiger partial charge in [0.15, 0.2) is 22.1 Å². The van der Waals surface area contributed by atoms with E-state index in [2.05, 4.69) is 18.8 Å². The summed E-state index contributed by atoms with van der Waals surface area (Å²) in [5.41, 5.74) is 1.16. The first-order valence-electron chi connectivity index (χ1n) is 11.1. The molecule has 2 aromatic heterocycles. The molecule has 0 fully saturated rings. The van der Waals surface area contributed by atoms with Gasteiger partial charge in [-0.05, 0) is 42.2 Å². The maximum absolute atomic E-state index is 13.6. The van der Waals surface area contributed by atoms with Crippen molar-refractivity contribution in [1.82, 2.24) is 4.98 Å². The van der Waals surface area contributed by atoms with Crippen LogP contribution in [0.4, 0.5) is 5.13 Å². The number of fused-ring (bicyclic) bond motifs is 2. The Morgan fingerprint density at radius 1 is 1.15 bits per heavy atom. The molecule has 0 N–H and O–H groups in total. The zero-order chi connectivity index (χ0) is 23.8. The summed E-state index contributed by atoms with van der Waals surface area (Å²) in [6.07, 6.45) is 2.55. The van der Waals surface area contributed by atoms with Gasteiger partial charge in [0.1, 0.15) is 5.58 Å². The van der Waals surface area contributed by atoms with Gasteiger partial charge in [-0.3, -0.25) is 14.5 Å². The lowest BCUT2D eigenvalue weighted by Gasteiger charge is -2.23. The largest absolute Gasteiger partial charge is 0.493 e. The van der Waals surface area contributed by atoms with Crippen LogP contribution in [0.5, 0.6) is 11.5 Å². The Morgan fingerprint density at radius 3 is 2.71 bits per heavy atom. The zero-order valence-electron chi connectivity index (χ0n) is 19.1. The molecular weight excluding hydrogens is 452 g/mol.